The highest BCUT2D eigenvalue weighted by Crippen LogP contribution is 2.27. The molecular weight excluding hydrogens is 326 g/mol. The third-order valence-corrected chi connectivity index (χ3v) is 4.28. The first kappa shape index (κ1) is 19.5. The first-order chi connectivity index (χ1) is 12.3. The fourth-order valence-corrected chi connectivity index (χ4v) is 2.63. The maximum Gasteiger partial charge on any atom is 0.320 e. The summed E-state index contributed by atoms with van der Waals surface area (Å²) in [4.78, 5) is 15.1. The summed E-state index contributed by atoms with van der Waals surface area (Å²) < 4.78 is 0. The standard InChI is InChI=1S/C21H27N3O2/c1-23(2)17-9-5-15(6-10-17)19(13-14-20(22)21(25)26)16-7-11-18(12-8-16)24(3)4/h5-13,20H,14,22H2,1-4H3,(H,25,26)/t20-/m0/s1. The average Bonchev–Trinajstić information content (AvgIpc) is 2.62. The lowest BCUT2D eigenvalue weighted by Crippen LogP contribution is -2.29. The number of nitrogens with zero attached hydrogens (tertiary/aromatic N) is 2. The second-order valence-electron chi connectivity index (χ2n) is 6.68. The molecule has 0 fully saturated rings. The van der Waals surface area contributed by atoms with Crippen molar-refractivity contribution in [3.63, 3.8) is 0 Å². The molecule has 0 aromatic heterocycles. The van der Waals surface area contributed by atoms with Gasteiger partial charge in [0, 0.05) is 39.6 Å². The van der Waals surface area contributed by atoms with Gasteiger partial charge in [0.05, 0.1) is 0 Å². The van der Waals surface area contributed by atoms with Crippen LogP contribution >= 0.6 is 0 Å². The van der Waals surface area contributed by atoms with Crippen molar-refractivity contribution < 1.29 is 9.90 Å². The summed E-state index contributed by atoms with van der Waals surface area (Å²) in [5.41, 5.74) is 11.0. The average molecular weight is 353 g/mol. The minimum absolute atomic E-state index is 0.273. The quantitative estimate of drug-likeness (QED) is 0.801. The SMILES string of the molecule is CN(C)c1ccc(C(=CC[C@H](N)C(=O)O)c2ccc(N(C)C)cc2)cc1. The van der Waals surface area contributed by atoms with Crippen LogP contribution in [0, 0.1) is 0 Å². The van der Waals surface area contributed by atoms with Crippen molar-refractivity contribution in [2.75, 3.05) is 38.0 Å². The Morgan fingerprint density at radius 3 is 1.62 bits per heavy atom. The van der Waals surface area contributed by atoms with Crippen LogP contribution in [0.3, 0.4) is 0 Å². The Balaban J connectivity index is 2.41. The summed E-state index contributed by atoms with van der Waals surface area (Å²) in [6, 6.07) is 15.5. The fourth-order valence-electron chi connectivity index (χ4n) is 2.63. The first-order valence-corrected chi connectivity index (χ1v) is 8.53. The molecule has 5 heteroatoms. The van der Waals surface area contributed by atoms with Crippen LogP contribution in [-0.2, 0) is 4.79 Å². The van der Waals surface area contributed by atoms with Crippen LogP contribution in [0.4, 0.5) is 11.4 Å². The fraction of sp³-hybridized carbons (Fsp3) is 0.286. The van der Waals surface area contributed by atoms with Crippen molar-refractivity contribution in [2.45, 2.75) is 12.5 Å². The normalized spacial score (nSPS) is 11.6. The smallest absolute Gasteiger partial charge is 0.320 e. The van der Waals surface area contributed by atoms with Gasteiger partial charge in [-0.05, 0) is 47.4 Å². The molecule has 0 saturated heterocycles. The third kappa shape index (κ3) is 4.86. The van der Waals surface area contributed by atoms with Crippen molar-refractivity contribution in [2.24, 2.45) is 5.73 Å². The maximum absolute atomic E-state index is 11.1. The molecule has 0 saturated carbocycles. The van der Waals surface area contributed by atoms with Gasteiger partial charge >= 0.3 is 5.97 Å². The number of nitrogens with two attached hydrogens (primary N) is 1. The van der Waals surface area contributed by atoms with Gasteiger partial charge in [-0.1, -0.05) is 30.3 Å². The number of hydrogen-bond donors (Lipinski definition) is 2. The molecule has 0 unspecified atom stereocenters. The highest BCUT2D eigenvalue weighted by Gasteiger charge is 2.12. The molecule has 0 aliphatic heterocycles. The molecule has 0 amide bonds. The zero-order chi connectivity index (χ0) is 19.3. The van der Waals surface area contributed by atoms with Crippen LogP contribution < -0.4 is 15.5 Å². The van der Waals surface area contributed by atoms with Gasteiger partial charge in [-0.3, -0.25) is 4.79 Å². The summed E-state index contributed by atoms with van der Waals surface area (Å²) >= 11 is 0. The number of carboxylic acid groups (broad SMARTS) is 1. The van der Waals surface area contributed by atoms with E-state index in [1.54, 1.807) is 0 Å². The Morgan fingerprint density at radius 1 is 0.923 bits per heavy atom. The second-order valence-corrected chi connectivity index (χ2v) is 6.68. The molecule has 0 aliphatic rings. The molecule has 2 rings (SSSR count). The van der Waals surface area contributed by atoms with Crippen LogP contribution in [0.2, 0.25) is 0 Å². The number of hydrogen-bond acceptors (Lipinski definition) is 4. The molecule has 0 radical (unpaired) electrons. The van der Waals surface area contributed by atoms with E-state index in [0.29, 0.717) is 0 Å². The lowest BCUT2D eigenvalue weighted by atomic mass is 9.95. The van der Waals surface area contributed by atoms with Gasteiger partial charge in [0.2, 0.25) is 0 Å². The summed E-state index contributed by atoms with van der Waals surface area (Å²) in [5, 5.41) is 9.07. The molecule has 2 aromatic carbocycles. The zero-order valence-electron chi connectivity index (χ0n) is 15.8. The maximum atomic E-state index is 11.1. The van der Waals surface area contributed by atoms with E-state index in [2.05, 4.69) is 24.3 Å². The predicted molar refractivity (Wildman–Crippen MR) is 109 cm³/mol. The summed E-state index contributed by atoms with van der Waals surface area (Å²) in [6.45, 7) is 0. The number of anilines is 2. The van der Waals surface area contributed by atoms with Crippen molar-refractivity contribution in [1.29, 1.82) is 0 Å². The first-order valence-electron chi connectivity index (χ1n) is 8.53. The van der Waals surface area contributed by atoms with Crippen LogP contribution in [-0.4, -0.2) is 45.3 Å². The Hall–Kier alpha value is -2.79. The number of carboxylic acids is 1. The number of carbonyl (C=O) groups is 1. The van der Waals surface area contributed by atoms with Crippen LogP contribution in [0.25, 0.3) is 5.57 Å². The molecular formula is C21H27N3O2. The Bertz CT molecular complexity index is 709. The largest absolute Gasteiger partial charge is 0.480 e. The van der Waals surface area contributed by atoms with Gasteiger partial charge in [-0.15, -0.1) is 0 Å². The minimum Gasteiger partial charge on any atom is -0.480 e. The van der Waals surface area contributed by atoms with E-state index in [1.165, 1.54) is 0 Å². The van der Waals surface area contributed by atoms with E-state index in [1.807, 2.05) is 68.3 Å². The van der Waals surface area contributed by atoms with Crippen molar-refractivity contribution in [3.05, 3.63) is 65.7 Å². The molecule has 1 atom stereocenters. The summed E-state index contributed by atoms with van der Waals surface area (Å²) in [6.07, 6.45) is 2.18. The molecule has 3 N–H and O–H groups in total. The number of rotatable bonds is 7. The molecule has 5 nitrogen and oxygen atoms in total. The van der Waals surface area contributed by atoms with E-state index in [-0.39, 0.29) is 6.42 Å². The lowest BCUT2D eigenvalue weighted by Gasteiger charge is -2.16. The van der Waals surface area contributed by atoms with E-state index in [4.69, 9.17) is 10.8 Å². The molecule has 0 aliphatic carbocycles. The highest BCUT2D eigenvalue weighted by molar-refractivity contribution is 5.82. The summed E-state index contributed by atoms with van der Waals surface area (Å²) in [5.74, 6) is -0.994. The Morgan fingerprint density at radius 2 is 1.31 bits per heavy atom. The highest BCUT2D eigenvalue weighted by atomic mass is 16.4. The van der Waals surface area contributed by atoms with Gasteiger partial charge in [-0.25, -0.2) is 0 Å². The molecule has 2 aromatic rings. The Labute approximate surface area is 155 Å². The van der Waals surface area contributed by atoms with E-state index >= 15 is 0 Å². The van der Waals surface area contributed by atoms with Gasteiger partial charge in [0.25, 0.3) is 0 Å². The zero-order valence-corrected chi connectivity index (χ0v) is 15.8. The van der Waals surface area contributed by atoms with Gasteiger partial charge in [0.1, 0.15) is 6.04 Å². The van der Waals surface area contributed by atoms with E-state index < -0.39 is 12.0 Å². The lowest BCUT2D eigenvalue weighted by molar-refractivity contribution is -0.138. The molecule has 0 bridgehead atoms. The van der Waals surface area contributed by atoms with Crippen molar-refractivity contribution in [3.8, 4) is 0 Å². The predicted octanol–water partition coefficient (Wildman–Crippen LogP) is 3.05. The number of benzene rings is 2. The Kier molecular flexibility index (Phi) is 6.41. The van der Waals surface area contributed by atoms with Gasteiger partial charge in [-0.2, -0.15) is 0 Å². The van der Waals surface area contributed by atoms with Crippen molar-refractivity contribution in [1.82, 2.24) is 0 Å². The van der Waals surface area contributed by atoms with Crippen molar-refractivity contribution >= 4 is 22.9 Å². The van der Waals surface area contributed by atoms with E-state index in [0.717, 1.165) is 28.1 Å². The monoisotopic (exact) mass is 353 g/mol. The van der Waals surface area contributed by atoms with Gasteiger partial charge < -0.3 is 20.6 Å². The molecule has 26 heavy (non-hydrogen) atoms. The molecule has 138 valence electrons. The van der Waals surface area contributed by atoms with Crippen LogP contribution in [0.1, 0.15) is 17.5 Å². The van der Waals surface area contributed by atoms with Crippen LogP contribution in [0.5, 0.6) is 0 Å². The topological polar surface area (TPSA) is 69.8 Å². The third-order valence-electron chi connectivity index (χ3n) is 4.28. The van der Waals surface area contributed by atoms with E-state index in [9.17, 15) is 4.79 Å². The molecule has 0 spiro atoms. The summed E-state index contributed by atoms with van der Waals surface area (Å²) in [7, 11) is 7.99. The van der Waals surface area contributed by atoms with Gasteiger partial charge in [0.15, 0.2) is 0 Å². The number of aliphatic carboxylic acids is 1. The molecule has 0 heterocycles. The minimum atomic E-state index is -0.994. The van der Waals surface area contributed by atoms with Crippen LogP contribution in [0.15, 0.2) is 54.6 Å². The second kappa shape index (κ2) is 8.54.